The number of aromatic amines is 1. The number of aromatic nitrogens is 2. The van der Waals surface area contributed by atoms with Gasteiger partial charge in [-0.25, -0.2) is 0 Å². The van der Waals surface area contributed by atoms with Crippen LogP contribution in [-0.4, -0.2) is 33.9 Å². The van der Waals surface area contributed by atoms with E-state index in [0.717, 1.165) is 36.6 Å². The van der Waals surface area contributed by atoms with E-state index in [0.29, 0.717) is 5.56 Å². The Labute approximate surface area is 117 Å². The van der Waals surface area contributed by atoms with E-state index in [1.54, 1.807) is 12.3 Å². The van der Waals surface area contributed by atoms with Crippen LogP contribution in [0.1, 0.15) is 36.0 Å². The largest absolute Gasteiger partial charge is 0.396 e. The molecule has 106 valence electrons. The van der Waals surface area contributed by atoms with Crippen LogP contribution in [0.15, 0.2) is 24.4 Å². The van der Waals surface area contributed by atoms with Crippen molar-refractivity contribution in [2.24, 2.45) is 5.92 Å². The lowest BCUT2D eigenvalue weighted by Crippen LogP contribution is -2.43. The molecule has 0 spiro atoms. The SMILES string of the molecule is O=C(N[C@@H]1CCCC[C@@H]1CO)c1ccc2[nH]ncc2c1. The summed E-state index contributed by atoms with van der Waals surface area (Å²) < 4.78 is 0. The highest BCUT2D eigenvalue weighted by Crippen LogP contribution is 2.24. The molecule has 5 heteroatoms. The first-order chi connectivity index (χ1) is 9.78. The molecule has 1 aliphatic rings. The van der Waals surface area contributed by atoms with Crippen molar-refractivity contribution < 1.29 is 9.90 Å². The summed E-state index contributed by atoms with van der Waals surface area (Å²) in [5, 5.41) is 20.2. The zero-order valence-corrected chi connectivity index (χ0v) is 11.3. The van der Waals surface area contributed by atoms with Crippen LogP contribution < -0.4 is 5.32 Å². The van der Waals surface area contributed by atoms with Gasteiger partial charge in [0.15, 0.2) is 0 Å². The van der Waals surface area contributed by atoms with Gasteiger partial charge in [-0.15, -0.1) is 0 Å². The van der Waals surface area contributed by atoms with E-state index in [1.165, 1.54) is 0 Å². The number of hydrogen-bond acceptors (Lipinski definition) is 3. The van der Waals surface area contributed by atoms with Gasteiger partial charge in [0.1, 0.15) is 0 Å². The Balaban J connectivity index is 1.74. The Bertz CT molecular complexity index is 608. The molecule has 0 unspecified atom stereocenters. The van der Waals surface area contributed by atoms with Gasteiger partial charge < -0.3 is 10.4 Å². The molecule has 5 nitrogen and oxygen atoms in total. The first-order valence-corrected chi connectivity index (χ1v) is 7.13. The summed E-state index contributed by atoms with van der Waals surface area (Å²) in [5.41, 5.74) is 1.56. The fourth-order valence-electron chi connectivity index (χ4n) is 2.95. The Hall–Kier alpha value is -1.88. The second-order valence-electron chi connectivity index (χ2n) is 5.48. The molecule has 1 saturated carbocycles. The first kappa shape index (κ1) is 13.1. The normalized spacial score (nSPS) is 22.9. The summed E-state index contributed by atoms with van der Waals surface area (Å²) in [6.45, 7) is 0.145. The van der Waals surface area contributed by atoms with E-state index in [-0.39, 0.29) is 24.5 Å². The van der Waals surface area contributed by atoms with Gasteiger partial charge in [0.2, 0.25) is 0 Å². The average molecular weight is 273 g/mol. The van der Waals surface area contributed by atoms with Crippen molar-refractivity contribution >= 4 is 16.8 Å². The van der Waals surface area contributed by atoms with Gasteiger partial charge in [0, 0.05) is 29.5 Å². The van der Waals surface area contributed by atoms with Gasteiger partial charge in [-0.2, -0.15) is 5.10 Å². The number of carbonyl (C=O) groups is 1. The number of nitrogens with zero attached hydrogens (tertiary/aromatic N) is 1. The molecular formula is C15H19N3O2. The third-order valence-electron chi connectivity index (χ3n) is 4.16. The summed E-state index contributed by atoms with van der Waals surface area (Å²) in [5.74, 6) is 0.115. The molecule has 0 bridgehead atoms. The molecule has 1 aromatic carbocycles. The predicted molar refractivity (Wildman–Crippen MR) is 76.4 cm³/mol. The minimum Gasteiger partial charge on any atom is -0.396 e. The third kappa shape index (κ3) is 2.54. The topological polar surface area (TPSA) is 78.0 Å². The van der Waals surface area contributed by atoms with E-state index >= 15 is 0 Å². The molecule has 3 N–H and O–H groups in total. The molecule has 3 rings (SSSR count). The maximum Gasteiger partial charge on any atom is 0.251 e. The molecule has 1 fully saturated rings. The minimum absolute atomic E-state index is 0.0709. The lowest BCUT2D eigenvalue weighted by Gasteiger charge is -2.30. The maximum absolute atomic E-state index is 12.3. The fourth-order valence-corrected chi connectivity index (χ4v) is 2.95. The van der Waals surface area contributed by atoms with Gasteiger partial charge >= 0.3 is 0 Å². The summed E-state index contributed by atoms with van der Waals surface area (Å²) in [6, 6.07) is 5.58. The number of benzene rings is 1. The second-order valence-corrected chi connectivity index (χ2v) is 5.48. The summed E-state index contributed by atoms with van der Waals surface area (Å²) in [7, 11) is 0. The van der Waals surface area contributed by atoms with Crippen LogP contribution in [0, 0.1) is 5.92 Å². The highest BCUT2D eigenvalue weighted by atomic mass is 16.3. The Morgan fingerprint density at radius 1 is 1.40 bits per heavy atom. The number of rotatable bonds is 3. The fraction of sp³-hybridized carbons (Fsp3) is 0.467. The first-order valence-electron chi connectivity index (χ1n) is 7.13. The average Bonchev–Trinajstić information content (AvgIpc) is 2.95. The van der Waals surface area contributed by atoms with Crippen molar-refractivity contribution in [2.75, 3.05) is 6.61 Å². The van der Waals surface area contributed by atoms with Crippen LogP contribution in [0.25, 0.3) is 10.9 Å². The molecule has 0 aliphatic heterocycles. The molecule has 0 saturated heterocycles. The van der Waals surface area contributed by atoms with Crippen molar-refractivity contribution in [3.05, 3.63) is 30.0 Å². The lowest BCUT2D eigenvalue weighted by atomic mass is 9.85. The van der Waals surface area contributed by atoms with Crippen molar-refractivity contribution in [2.45, 2.75) is 31.7 Å². The van der Waals surface area contributed by atoms with Crippen molar-refractivity contribution in [3.63, 3.8) is 0 Å². The van der Waals surface area contributed by atoms with Crippen LogP contribution >= 0.6 is 0 Å². The minimum atomic E-state index is -0.0709. The molecule has 0 radical (unpaired) electrons. The monoisotopic (exact) mass is 273 g/mol. The number of amides is 1. The van der Waals surface area contributed by atoms with Gasteiger partial charge in [0.05, 0.1) is 11.7 Å². The number of hydrogen-bond donors (Lipinski definition) is 3. The van der Waals surface area contributed by atoms with Crippen LogP contribution in [-0.2, 0) is 0 Å². The van der Waals surface area contributed by atoms with Crippen LogP contribution in [0.4, 0.5) is 0 Å². The number of H-pyrrole nitrogens is 1. The predicted octanol–water partition coefficient (Wildman–Crippen LogP) is 1.84. The number of nitrogens with one attached hydrogen (secondary N) is 2. The zero-order chi connectivity index (χ0) is 13.9. The molecule has 1 aromatic heterocycles. The molecule has 1 aliphatic carbocycles. The molecule has 1 amide bonds. The van der Waals surface area contributed by atoms with Crippen molar-refractivity contribution in [1.82, 2.24) is 15.5 Å². The lowest BCUT2D eigenvalue weighted by molar-refractivity contribution is 0.0873. The highest BCUT2D eigenvalue weighted by molar-refractivity contribution is 5.98. The number of fused-ring (bicyclic) bond motifs is 1. The van der Waals surface area contributed by atoms with Crippen molar-refractivity contribution in [3.8, 4) is 0 Å². The van der Waals surface area contributed by atoms with Crippen LogP contribution in [0.2, 0.25) is 0 Å². The second kappa shape index (κ2) is 5.63. The standard InChI is InChI=1S/C15H19N3O2/c19-9-11-3-1-2-4-13(11)17-15(20)10-5-6-14-12(7-10)8-16-18-14/h5-8,11,13,19H,1-4,9H2,(H,16,18)(H,17,20)/t11-,13-/m1/s1. The molecular weight excluding hydrogens is 254 g/mol. The zero-order valence-electron chi connectivity index (χ0n) is 11.3. The number of aliphatic hydroxyl groups excluding tert-OH is 1. The van der Waals surface area contributed by atoms with E-state index in [9.17, 15) is 9.90 Å². The number of aliphatic hydroxyl groups is 1. The molecule has 2 atom stereocenters. The van der Waals surface area contributed by atoms with E-state index in [1.807, 2.05) is 12.1 Å². The number of carbonyl (C=O) groups excluding carboxylic acids is 1. The third-order valence-corrected chi connectivity index (χ3v) is 4.16. The van der Waals surface area contributed by atoms with Gasteiger partial charge in [0.25, 0.3) is 5.91 Å². The van der Waals surface area contributed by atoms with E-state index in [4.69, 9.17) is 0 Å². The molecule has 1 heterocycles. The molecule has 20 heavy (non-hydrogen) atoms. The summed E-state index contributed by atoms with van der Waals surface area (Å²) in [6.07, 6.45) is 5.90. The smallest absolute Gasteiger partial charge is 0.251 e. The highest BCUT2D eigenvalue weighted by Gasteiger charge is 2.26. The van der Waals surface area contributed by atoms with E-state index < -0.39 is 0 Å². The molecule has 2 aromatic rings. The summed E-state index contributed by atoms with van der Waals surface area (Å²) in [4.78, 5) is 12.3. The van der Waals surface area contributed by atoms with Gasteiger partial charge in [-0.3, -0.25) is 9.89 Å². The van der Waals surface area contributed by atoms with Gasteiger partial charge in [-0.05, 0) is 31.0 Å². The van der Waals surface area contributed by atoms with Gasteiger partial charge in [-0.1, -0.05) is 12.8 Å². The van der Waals surface area contributed by atoms with Crippen molar-refractivity contribution in [1.29, 1.82) is 0 Å². The summed E-state index contributed by atoms with van der Waals surface area (Å²) >= 11 is 0. The Morgan fingerprint density at radius 2 is 2.25 bits per heavy atom. The maximum atomic E-state index is 12.3. The van der Waals surface area contributed by atoms with E-state index in [2.05, 4.69) is 15.5 Å². The Morgan fingerprint density at radius 3 is 3.10 bits per heavy atom. The van der Waals surface area contributed by atoms with Crippen LogP contribution in [0.3, 0.4) is 0 Å². The van der Waals surface area contributed by atoms with Crippen LogP contribution in [0.5, 0.6) is 0 Å². The Kier molecular flexibility index (Phi) is 3.69. The quantitative estimate of drug-likeness (QED) is 0.798.